The third kappa shape index (κ3) is 3.90. The number of pyridine rings is 1. The van der Waals surface area contributed by atoms with Crippen LogP contribution in [0.2, 0.25) is 0 Å². The molecule has 0 saturated heterocycles. The Morgan fingerprint density at radius 3 is 2.41 bits per heavy atom. The summed E-state index contributed by atoms with van der Waals surface area (Å²) in [5.41, 5.74) is 0.710. The number of aromatic nitrogens is 1. The van der Waals surface area contributed by atoms with Gasteiger partial charge in [0.2, 0.25) is 5.30 Å². The third-order valence-corrected chi connectivity index (χ3v) is 6.54. The van der Waals surface area contributed by atoms with Gasteiger partial charge in [-0.15, -0.1) is 0 Å². The Kier molecular flexibility index (Phi) is 6.04. The number of nitrogens with zero attached hydrogens (tertiary/aromatic N) is 2. The van der Waals surface area contributed by atoms with Crippen molar-refractivity contribution in [1.82, 2.24) is 4.98 Å². The van der Waals surface area contributed by atoms with Crippen LogP contribution in [0.5, 0.6) is 0 Å². The zero-order valence-electron chi connectivity index (χ0n) is 16.1. The smallest absolute Gasteiger partial charge is 0.449 e. The minimum absolute atomic E-state index is 0.0141. The molecule has 29 heavy (non-hydrogen) atoms. The van der Waals surface area contributed by atoms with Crippen LogP contribution in [-0.2, 0) is 13.8 Å². The van der Waals surface area contributed by atoms with Crippen LogP contribution in [0.1, 0.15) is 21.7 Å². The molecule has 0 unspecified atom stereocenters. The predicted molar refractivity (Wildman–Crippen MR) is 107 cm³/mol. The van der Waals surface area contributed by atoms with Crippen LogP contribution in [0.4, 0.5) is 5.69 Å². The van der Waals surface area contributed by atoms with Gasteiger partial charge in [-0.25, -0.2) is 4.79 Å². The average Bonchev–Trinajstić information content (AvgIpc) is 2.91. The molecule has 0 amide bonds. The Morgan fingerprint density at radius 2 is 1.83 bits per heavy atom. The summed E-state index contributed by atoms with van der Waals surface area (Å²) in [5, 5.41) is 11.8. The van der Waals surface area contributed by atoms with Gasteiger partial charge in [-0.05, 0) is 19.9 Å². The zero-order valence-corrected chi connectivity index (χ0v) is 17.0. The molecule has 1 N–H and O–H groups in total. The summed E-state index contributed by atoms with van der Waals surface area (Å²) < 4.78 is 16.2. The fourth-order valence-corrected chi connectivity index (χ4v) is 5.12. The first-order valence-electron chi connectivity index (χ1n) is 8.70. The minimum Gasteiger partial charge on any atom is -0.465 e. The van der Waals surface area contributed by atoms with Crippen molar-refractivity contribution < 1.29 is 28.4 Å². The number of hydrogen-bond acceptors (Lipinski definition) is 8. The molecule has 0 atom stereocenters. The minimum atomic E-state index is -3.70. The number of nitro groups is 1. The number of para-hydroxylation sites is 1. The second-order valence-electron chi connectivity index (χ2n) is 6.23. The van der Waals surface area contributed by atoms with E-state index >= 15 is 0 Å². The van der Waals surface area contributed by atoms with Gasteiger partial charge in [0.1, 0.15) is 13.2 Å². The van der Waals surface area contributed by atoms with Gasteiger partial charge < -0.3 is 4.74 Å². The third-order valence-electron chi connectivity index (χ3n) is 4.43. The number of rotatable bonds is 4. The molecule has 2 aromatic rings. The van der Waals surface area contributed by atoms with Crippen LogP contribution in [0, 0.1) is 24.0 Å². The molecule has 2 heterocycles. The predicted octanol–water partition coefficient (Wildman–Crippen LogP) is 3.04. The Labute approximate surface area is 167 Å². The lowest BCUT2D eigenvalue weighted by Gasteiger charge is -2.21. The number of benzene rings is 1. The summed E-state index contributed by atoms with van der Waals surface area (Å²) in [6.07, 6.45) is 3.39. The maximum atomic E-state index is 12.6. The van der Waals surface area contributed by atoms with E-state index in [1.54, 1.807) is 32.1 Å². The molecule has 0 fully saturated rings. The van der Waals surface area contributed by atoms with Crippen LogP contribution in [0.25, 0.3) is 11.1 Å². The van der Waals surface area contributed by atoms with Crippen molar-refractivity contribution in [2.24, 2.45) is 0 Å². The van der Waals surface area contributed by atoms with Crippen LogP contribution in [-0.4, -0.2) is 41.1 Å². The van der Waals surface area contributed by atoms with Gasteiger partial charge in [0.15, 0.2) is 0 Å². The lowest BCUT2D eigenvalue weighted by molar-refractivity contribution is -0.384. The first-order chi connectivity index (χ1) is 13.8. The van der Waals surface area contributed by atoms with Crippen LogP contribution < -0.4 is 5.30 Å². The molecule has 1 aliphatic heterocycles. The Morgan fingerprint density at radius 1 is 1.21 bits per heavy atom. The number of methoxy groups -OCH3 is 1. The van der Waals surface area contributed by atoms with Crippen molar-refractivity contribution in [3.63, 3.8) is 0 Å². The molecule has 10 heteroatoms. The number of carbonyl (C=O) groups is 1. The SMILES string of the molecule is COC(=O)c1c(C)nc(C)c([P+]2(O)OCC=CCO2)c1-c1ccccc1[N+](=O)[O-]. The number of aryl methyl sites for hydroxylation is 2. The van der Waals surface area contributed by atoms with Crippen molar-refractivity contribution in [2.75, 3.05) is 20.3 Å². The maximum Gasteiger partial charge on any atom is 0.449 e. The molecular formula is C19H20N2O7P+. The van der Waals surface area contributed by atoms with Gasteiger partial charge in [0, 0.05) is 6.07 Å². The second kappa shape index (κ2) is 8.34. The average molecular weight is 419 g/mol. The quantitative estimate of drug-likeness (QED) is 0.264. The summed E-state index contributed by atoms with van der Waals surface area (Å²) in [6, 6.07) is 5.96. The van der Waals surface area contributed by atoms with E-state index < -0.39 is 18.8 Å². The van der Waals surface area contributed by atoms with Crippen LogP contribution >= 0.6 is 7.94 Å². The molecule has 9 nitrogen and oxygen atoms in total. The topological polar surface area (TPSA) is 121 Å². The Bertz CT molecular complexity index is 996. The van der Waals surface area contributed by atoms with Gasteiger partial charge in [-0.2, -0.15) is 13.9 Å². The summed E-state index contributed by atoms with van der Waals surface area (Å²) in [6.45, 7) is 3.40. The van der Waals surface area contributed by atoms with Crippen LogP contribution in [0.3, 0.4) is 0 Å². The van der Waals surface area contributed by atoms with E-state index in [2.05, 4.69) is 4.98 Å². The molecular weight excluding hydrogens is 399 g/mol. The molecule has 1 aromatic heterocycles. The van der Waals surface area contributed by atoms with Crippen molar-refractivity contribution in [1.29, 1.82) is 0 Å². The van der Waals surface area contributed by atoms with Gasteiger partial charge in [-0.1, -0.05) is 24.3 Å². The van der Waals surface area contributed by atoms with Crippen LogP contribution in [0.15, 0.2) is 36.4 Å². The lowest BCUT2D eigenvalue weighted by atomic mass is 9.96. The largest absolute Gasteiger partial charge is 0.465 e. The molecule has 3 rings (SSSR count). The molecule has 0 radical (unpaired) electrons. The van der Waals surface area contributed by atoms with E-state index in [0.717, 1.165) is 0 Å². The van der Waals surface area contributed by atoms with E-state index in [9.17, 15) is 19.8 Å². The van der Waals surface area contributed by atoms with Crippen molar-refractivity contribution in [3.8, 4) is 11.1 Å². The number of esters is 1. The summed E-state index contributed by atoms with van der Waals surface area (Å²) >= 11 is 0. The number of ether oxygens (including phenoxy) is 1. The normalized spacial score (nSPS) is 15.6. The van der Waals surface area contributed by atoms with Crippen molar-refractivity contribution in [2.45, 2.75) is 13.8 Å². The summed E-state index contributed by atoms with van der Waals surface area (Å²) in [4.78, 5) is 39.4. The van der Waals surface area contributed by atoms with Gasteiger partial charge >= 0.3 is 13.9 Å². The summed E-state index contributed by atoms with van der Waals surface area (Å²) in [5.74, 6) is -0.732. The maximum absolute atomic E-state index is 12.6. The molecule has 0 saturated carbocycles. The standard InChI is InChI=1S/C19H20N2O7P/c1-12-16(19(22)26-3)17(14-8-4-5-9-15(14)21(23)24)18(13(2)20-12)29(25)27-10-6-7-11-28-29/h4-9,25H,10-11H2,1-3H3/q+1. The molecule has 1 aliphatic rings. The lowest BCUT2D eigenvalue weighted by Crippen LogP contribution is -2.26. The fourth-order valence-electron chi connectivity index (χ4n) is 3.24. The van der Waals surface area contributed by atoms with Crippen molar-refractivity contribution in [3.05, 3.63) is 63.5 Å². The molecule has 0 aliphatic carbocycles. The molecule has 0 bridgehead atoms. The van der Waals surface area contributed by atoms with Gasteiger partial charge in [0.25, 0.3) is 5.69 Å². The molecule has 152 valence electrons. The summed E-state index contributed by atoms with van der Waals surface area (Å²) in [7, 11) is -2.50. The van der Waals surface area contributed by atoms with E-state index in [1.807, 2.05) is 0 Å². The highest BCUT2D eigenvalue weighted by molar-refractivity contribution is 7.69. The molecule has 1 aromatic carbocycles. The highest BCUT2D eigenvalue weighted by Gasteiger charge is 2.51. The van der Waals surface area contributed by atoms with E-state index in [-0.39, 0.29) is 40.9 Å². The van der Waals surface area contributed by atoms with Gasteiger partial charge in [-0.3, -0.25) is 15.1 Å². The monoisotopic (exact) mass is 419 g/mol. The first kappa shape index (κ1) is 21.0. The fraction of sp³-hybridized carbons (Fsp3) is 0.263. The van der Waals surface area contributed by atoms with E-state index in [0.29, 0.717) is 11.4 Å². The van der Waals surface area contributed by atoms with Crippen molar-refractivity contribution >= 4 is 24.9 Å². The Balaban J connectivity index is 2.44. The number of carbonyl (C=O) groups excluding carboxylic acids is 1. The number of nitro benzene ring substituents is 1. The highest BCUT2D eigenvalue weighted by atomic mass is 31.2. The highest BCUT2D eigenvalue weighted by Crippen LogP contribution is 2.59. The Hall–Kier alpha value is -2.71. The molecule has 0 spiro atoms. The zero-order chi connectivity index (χ0) is 21.2. The van der Waals surface area contributed by atoms with E-state index in [1.165, 1.54) is 25.3 Å². The second-order valence-corrected chi connectivity index (χ2v) is 8.23. The van der Waals surface area contributed by atoms with E-state index in [4.69, 9.17) is 13.8 Å². The first-order valence-corrected chi connectivity index (χ1v) is 10.3. The van der Waals surface area contributed by atoms with Gasteiger partial charge in [0.05, 0.1) is 40.1 Å². The number of hydrogen-bond donors (Lipinski definition) is 1.